The summed E-state index contributed by atoms with van der Waals surface area (Å²) in [4.78, 5) is 0. The number of phenols is 1. The summed E-state index contributed by atoms with van der Waals surface area (Å²) in [6.07, 6.45) is 6.78. The van der Waals surface area contributed by atoms with Gasteiger partial charge in [-0.1, -0.05) is 13.0 Å². The monoisotopic (exact) mass is 320 g/mol. The van der Waals surface area contributed by atoms with Crippen LogP contribution >= 0.6 is 0 Å². The Morgan fingerprint density at radius 3 is 2.68 bits per heavy atom. The van der Waals surface area contributed by atoms with E-state index >= 15 is 0 Å². The smallest absolute Gasteiger partial charge is 1.00 e. The Labute approximate surface area is 180 Å². The van der Waals surface area contributed by atoms with E-state index in [1.165, 1.54) is 30.4 Å². The van der Waals surface area contributed by atoms with Gasteiger partial charge in [-0.15, -0.1) is 0 Å². The first-order valence-corrected chi connectivity index (χ1v) is 8.09. The number of phenolic OH excluding ortho intramolecular Hbond substituents is 1. The summed E-state index contributed by atoms with van der Waals surface area (Å²) < 4.78 is 0. The SMILES string of the molecule is C[C@]12CC[C@@H]3c4ccc(O)cc4CC[C@H]3[C@@H]1CC[C@@H]2O.[H-].[H-].[Na+].[Na+]. The second-order valence-corrected chi connectivity index (χ2v) is 7.44. The molecule has 1 aromatic rings. The van der Waals surface area contributed by atoms with Gasteiger partial charge in [0.2, 0.25) is 0 Å². The van der Waals surface area contributed by atoms with Crippen molar-refractivity contribution >= 4 is 0 Å². The summed E-state index contributed by atoms with van der Waals surface area (Å²) in [6.45, 7) is 2.32. The molecular weight excluding hydrogens is 294 g/mol. The maximum absolute atomic E-state index is 10.4. The molecule has 0 saturated heterocycles. The number of hydrogen-bond donors (Lipinski definition) is 2. The van der Waals surface area contributed by atoms with Crippen molar-refractivity contribution in [2.24, 2.45) is 17.3 Å². The Morgan fingerprint density at radius 1 is 1.14 bits per heavy atom. The molecular formula is C18H26Na2O2. The molecule has 4 heteroatoms. The van der Waals surface area contributed by atoms with E-state index in [2.05, 4.69) is 13.0 Å². The number of aliphatic hydroxyl groups is 1. The molecule has 2 fully saturated rings. The Bertz CT molecular complexity index is 558. The van der Waals surface area contributed by atoms with Gasteiger partial charge in [-0.2, -0.15) is 0 Å². The second-order valence-electron chi connectivity index (χ2n) is 7.44. The Kier molecular flexibility index (Phi) is 6.21. The van der Waals surface area contributed by atoms with Gasteiger partial charge < -0.3 is 13.1 Å². The van der Waals surface area contributed by atoms with Crippen LogP contribution in [0.4, 0.5) is 0 Å². The number of aryl methyl sites for hydroxylation is 1. The third-order valence-corrected chi connectivity index (χ3v) is 6.66. The van der Waals surface area contributed by atoms with Crippen LogP contribution < -0.4 is 59.1 Å². The summed E-state index contributed by atoms with van der Waals surface area (Å²) in [5.74, 6) is 2.49. The van der Waals surface area contributed by atoms with Gasteiger partial charge >= 0.3 is 59.1 Å². The zero-order chi connectivity index (χ0) is 13.9. The first-order valence-electron chi connectivity index (χ1n) is 8.09. The van der Waals surface area contributed by atoms with E-state index in [-0.39, 0.29) is 73.5 Å². The Hall–Kier alpha value is 0.980. The van der Waals surface area contributed by atoms with Gasteiger partial charge in [0.15, 0.2) is 0 Å². The molecule has 2 N–H and O–H groups in total. The van der Waals surface area contributed by atoms with E-state index in [0.717, 1.165) is 25.2 Å². The number of hydrogen-bond acceptors (Lipinski definition) is 2. The molecule has 3 aliphatic rings. The van der Waals surface area contributed by atoms with Crippen molar-refractivity contribution in [3.8, 4) is 5.75 Å². The van der Waals surface area contributed by atoms with Crippen LogP contribution in [0.1, 0.15) is 58.9 Å². The van der Waals surface area contributed by atoms with Gasteiger partial charge in [0, 0.05) is 0 Å². The van der Waals surface area contributed by atoms with Crippen molar-refractivity contribution in [2.45, 2.75) is 57.5 Å². The van der Waals surface area contributed by atoms with Crippen molar-refractivity contribution in [3.63, 3.8) is 0 Å². The largest absolute Gasteiger partial charge is 1.00 e. The van der Waals surface area contributed by atoms with Crippen molar-refractivity contribution in [1.82, 2.24) is 0 Å². The molecule has 0 aromatic heterocycles. The number of fused-ring (bicyclic) bond motifs is 5. The third-order valence-electron chi connectivity index (χ3n) is 6.66. The molecule has 4 rings (SSSR count). The van der Waals surface area contributed by atoms with Gasteiger partial charge in [0.25, 0.3) is 0 Å². The summed E-state index contributed by atoms with van der Waals surface area (Å²) >= 11 is 0. The molecule has 0 heterocycles. The molecule has 2 nitrogen and oxygen atoms in total. The predicted molar refractivity (Wildman–Crippen MR) is 81.0 cm³/mol. The summed E-state index contributed by atoms with van der Waals surface area (Å²) in [5, 5.41) is 20.0. The Morgan fingerprint density at radius 2 is 1.91 bits per heavy atom. The molecule has 0 amide bonds. The fourth-order valence-electron chi connectivity index (χ4n) is 5.54. The van der Waals surface area contributed by atoms with Crippen molar-refractivity contribution in [2.75, 3.05) is 0 Å². The maximum atomic E-state index is 10.4. The molecule has 3 aliphatic carbocycles. The van der Waals surface area contributed by atoms with Gasteiger partial charge in [-0.25, -0.2) is 0 Å². The minimum absolute atomic E-state index is 0. The summed E-state index contributed by atoms with van der Waals surface area (Å²) in [7, 11) is 0. The zero-order valence-corrected chi connectivity index (χ0v) is 18.2. The van der Waals surface area contributed by atoms with Crippen LogP contribution in [-0.4, -0.2) is 16.3 Å². The standard InChI is InChI=1S/C18H24O2.2Na.2H/c1-18-9-8-14-13-5-3-12(19)10-11(13)2-4-15(14)16(18)6-7-17(18)20;;;;/h3,5,10,14-17,19-20H,2,4,6-9H2,1H3;;;;/q;2*+1;2*-1/t14-,15-,16+,17+,18+;;;;/m1..../s1. The molecule has 112 valence electrons. The zero-order valence-electron chi connectivity index (χ0n) is 16.2. The third kappa shape index (κ3) is 2.87. The first kappa shape index (κ1) is 19.3. The van der Waals surface area contributed by atoms with Crippen LogP contribution in [0.3, 0.4) is 0 Å². The molecule has 1 aromatic carbocycles. The molecule has 22 heavy (non-hydrogen) atoms. The average Bonchev–Trinajstić information content (AvgIpc) is 2.74. The van der Waals surface area contributed by atoms with Gasteiger partial charge in [-0.3, -0.25) is 0 Å². The van der Waals surface area contributed by atoms with E-state index in [0.29, 0.717) is 17.6 Å². The van der Waals surface area contributed by atoms with Crippen LogP contribution in [0.15, 0.2) is 18.2 Å². The van der Waals surface area contributed by atoms with Crippen LogP contribution in [0.5, 0.6) is 5.75 Å². The molecule has 0 spiro atoms. The van der Waals surface area contributed by atoms with Crippen LogP contribution in [0.2, 0.25) is 0 Å². The van der Waals surface area contributed by atoms with Gasteiger partial charge in [-0.05, 0) is 85.0 Å². The number of aromatic hydroxyl groups is 1. The van der Waals surface area contributed by atoms with Crippen molar-refractivity contribution in [3.05, 3.63) is 29.3 Å². The minimum Gasteiger partial charge on any atom is -1.00 e. The molecule has 0 unspecified atom stereocenters. The summed E-state index contributed by atoms with van der Waals surface area (Å²) in [5.41, 5.74) is 2.99. The fraction of sp³-hybridized carbons (Fsp3) is 0.667. The quantitative estimate of drug-likeness (QED) is 0.535. The maximum Gasteiger partial charge on any atom is 1.00 e. The predicted octanol–water partition coefficient (Wildman–Crippen LogP) is -2.16. The normalized spacial score (nSPS) is 38.8. The second kappa shape index (κ2) is 7.07. The number of rotatable bonds is 0. The fourth-order valence-corrected chi connectivity index (χ4v) is 5.54. The Balaban J connectivity index is 0.00000132. The topological polar surface area (TPSA) is 40.5 Å². The molecule has 0 aliphatic heterocycles. The van der Waals surface area contributed by atoms with Crippen molar-refractivity contribution in [1.29, 1.82) is 0 Å². The van der Waals surface area contributed by atoms with Crippen LogP contribution in [-0.2, 0) is 6.42 Å². The van der Waals surface area contributed by atoms with Crippen LogP contribution in [0.25, 0.3) is 0 Å². The molecule has 5 atom stereocenters. The van der Waals surface area contributed by atoms with Crippen molar-refractivity contribution < 1.29 is 72.2 Å². The van der Waals surface area contributed by atoms with E-state index in [1.54, 1.807) is 0 Å². The molecule has 2 saturated carbocycles. The van der Waals surface area contributed by atoms with Gasteiger partial charge in [0.1, 0.15) is 5.75 Å². The average molecular weight is 320 g/mol. The number of benzene rings is 1. The molecule has 0 bridgehead atoms. The van der Waals surface area contributed by atoms with E-state index in [9.17, 15) is 10.2 Å². The minimum atomic E-state index is -0.0883. The van der Waals surface area contributed by atoms with E-state index < -0.39 is 0 Å². The first-order chi connectivity index (χ1) is 9.59. The van der Waals surface area contributed by atoms with E-state index in [4.69, 9.17) is 0 Å². The molecule has 0 radical (unpaired) electrons. The van der Waals surface area contributed by atoms with Gasteiger partial charge in [0.05, 0.1) is 6.10 Å². The van der Waals surface area contributed by atoms with E-state index in [1.807, 2.05) is 12.1 Å². The number of aliphatic hydroxyl groups excluding tert-OH is 1. The summed E-state index contributed by atoms with van der Waals surface area (Å²) in [6, 6.07) is 5.96. The van der Waals surface area contributed by atoms with Crippen LogP contribution in [0, 0.1) is 17.3 Å².